The lowest BCUT2D eigenvalue weighted by Crippen LogP contribution is -2.36. The van der Waals surface area contributed by atoms with E-state index >= 15 is 0 Å². The predicted octanol–water partition coefficient (Wildman–Crippen LogP) is 2.96. The molecule has 0 unspecified atom stereocenters. The maximum atomic E-state index is 11.7. The molecule has 0 heterocycles. The molecule has 0 aliphatic carbocycles. The molecule has 25 heavy (non-hydrogen) atoms. The molecule has 0 radical (unpaired) electrons. The van der Waals surface area contributed by atoms with Crippen LogP contribution in [-0.4, -0.2) is 38.2 Å². The standard InChI is InChI=1S/C19H27NO5/c1-5-7-14(3)20-18(21)12-25-19(22)13-24-16-10-9-15(8-6-2)11-17(16)23-4/h6,8-11,14H,5,7,12-13H2,1-4H3,(H,20,21)/b8-6+/t14-/m1/s1. The summed E-state index contributed by atoms with van der Waals surface area (Å²) in [5, 5.41) is 2.76. The molecule has 6 heteroatoms. The first-order chi connectivity index (χ1) is 12.0. The fourth-order valence-corrected chi connectivity index (χ4v) is 2.25. The molecule has 0 spiro atoms. The van der Waals surface area contributed by atoms with Gasteiger partial charge in [0, 0.05) is 6.04 Å². The lowest BCUT2D eigenvalue weighted by Gasteiger charge is -2.13. The van der Waals surface area contributed by atoms with Crippen LogP contribution in [0.2, 0.25) is 0 Å². The Labute approximate surface area is 149 Å². The maximum absolute atomic E-state index is 11.7. The van der Waals surface area contributed by atoms with Gasteiger partial charge in [-0.15, -0.1) is 0 Å². The van der Waals surface area contributed by atoms with E-state index in [1.54, 1.807) is 6.07 Å². The first kappa shape index (κ1) is 20.5. The minimum atomic E-state index is -0.613. The molecule has 1 rings (SSSR count). The number of ether oxygens (including phenoxy) is 3. The van der Waals surface area contributed by atoms with Gasteiger partial charge in [0.15, 0.2) is 24.7 Å². The zero-order chi connectivity index (χ0) is 18.7. The second kappa shape index (κ2) is 11.1. The number of amides is 1. The van der Waals surface area contributed by atoms with Crippen molar-refractivity contribution < 1.29 is 23.8 Å². The van der Waals surface area contributed by atoms with E-state index in [-0.39, 0.29) is 25.2 Å². The topological polar surface area (TPSA) is 73.9 Å². The van der Waals surface area contributed by atoms with Gasteiger partial charge in [0.2, 0.25) is 0 Å². The lowest BCUT2D eigenvalue weighted by molar-refractivity contribution is -0.150. The van der Waals surface area contributed by atoms with Crippen molar-refractivity contribution in [3.8, 4) is 11.5 Å². The molecule has 0 saturated carbocycles. The number of carbonyl (C=O) groups excluding carboxylic acids is 2. The van der Waals surface area contributed by atoms with Crippen LogP contribution in [0.5, 0.6) is 11.5 Å². The highest BCUT2D eigenvalue weighted by Gasteiger charge is 2.12. The molecule has 0 aromatic heterocycles. The van der Waals surface area contributed by atoms with Crippen molar-refractivity contribution in [2.45, 2.75) is 39.7 Å². The van der Waals surface area contributed by atoms with Crippen molar-refractivity contribution in [1.29, 1.82) is 0 Å². The molecule has 0 fully saturated rings. The third kappa shape index (κ3) is 7.74. The summed E-state index contributed by atoms with van der Waals surface area (Å²) in [5.74, 6) is 0.0312. The molecule has 1 amide bonds. The monoisotopic (exact) mass is 349 g/mol. The molecule has 6 nitrogen and oxygen atoms in total. The highest BCUT2D eigenvalue weighted by molar-refractivity contribution is 5.81. The van der Waals surface area contributed by atoms with Crippen molar-refractivity contribution in [2.75, 3.05) is 20.3 Å². The SMILES string of the molecule is C/C=C/c1ccc(OCC(=O)OCC(=O)N[C@H](C)CCC)c(OC)c1. The normalized spacial score (nSPS) is 11.8. The quantitative estimate of drug-likeness (QED) is 0.658. The summed E-state index contributed by atoms with van der Waals surface area (Å²) in [5.41, 5.74) is 0.965. The van der Waals surface area contributed by atoms with E-state index in [4.69, 9.17) is 14.2 Å². The van der Waals surface area contributed by atoms with Gasteiger partial charge in [-0.05, 0) is 38.0 Å². The summed E-state index contributed by atoms with van der Waals surface area (Å²) < 4.78 is 15.6. The molecule has 138 valence electrons. The molecule has 0 saturated heterocycles. The summed E-state index contributed by atoms with van der Waals surface area (Å²) in [6.45, 7) is 5.27. The van der Waals surface area contributed by atoms with E-state index in [2.05, 4.69) is 5.32 Å². The van der Waals surface area contributed by atoms with Crippen LogP contribution < -0.4 is 14.8 Å². The Morgan fingerprint density at radius 3 is 2.64 bits per heavy atom. The number of carbonyl (C=O) groups is 2. The molecular weight excluding hydrogens is 322 g/mol. The molecule has 0 aliphatic heterocycles. The average Bonchev–Trinajstić information content (AvgIpc) is 2.59. The summed E-state index contributed by atoms with van der Waals surface area (Å²) in [6.07, 6.45) is 5.70. The number of nitrogens with one attached hydrogen (secondary N) is 1. The van der Waals surface area contributed by atoms with Gasteiger partial charge in [-0.2, -0.15) is 0 Å². The van der Waals surface area contributed by atoms with E-state index in [1.807, 2.05) is 45.1 Å². The van der Waals surface area contributed by atoms with E-state index in [1.165, 1.54) is 7.11 Å². The Bertz CT molecular complexity index is 597. The smallest absolute Gasteiger partial charge is 0.344 e. The number of benzene rings is 1. The van der Waals surface area contributed by atoms with Crippen LogP contribution in [0.3, 0.4) is 0 Å². The number of rotatable bonds is 10. The second-order valence-corrected chi connectivity index (χ2v) is 5.62. The van der Waals surface area contributed by atoms with Gasteiger partial charge in [0.05, 0.1) is 7.11 Å². The molecule has 1 atom stereocenters. The van der Waals surface area contributed by atoms with Crippen molar-refractivity contribution in [1.82, 2.24) is 5.32 Å². The van der Waals surface area contributed by atoms with E-state index < -0.39 is 5.97 Å². The van der Waals surface area contributed by atoms with Crippen molar-refractivity contribution in [2.24, 2.45) is 0 Å². The predicted molar refractivity (Wildman–Crippen MR) is 96.7 cm³/mol. The van der Waals surface area contributed by atoms with Crippen LogP contribution in [0.1, 0.15) is 39.2 Å². The highest BCUT2D eigenvalue weighted by atomic mass is 16.6. The number of hydrogen-bond acceptors (Lipinski definition) is 5. The molecule has 1 aromatic carbocycles. The van der Waals surface area contributed by atoms with Gasteiger partial charge in [-0.1, -0.05) is 31.6 Å². The van der Waals surface area contributed by atoms with Crippen molar-refractivity contribution in [3.63, 3.8) is 0 Å². The van der Waals surface area contributed by atoms with Crippen LogP contribution >= 0.6 is 0 Å². The molecule has 1 aromatic rings. The zero-order valence-corrected chi connectivity index (χ0v) is 15.3. The van der Waals surface area contributed by atoms with Crippen LogP contribution in [0.15, 0.2) is 24.3 Å². The molecule has 0 bridgehead atoms. The third-order valence-electron chi connectivity index (χ3n) is 3.39. The van der Waals surface area contributed by atoms with Crippen LogP contribution in [0, 0.1) is 0 Å². The van der Waals surface area contributed by atoms with Gasteiger partial charge in [-0.25, -0.2) is 4.79 Å². The van der Waals surface area contributed by atoms with Gasteiger partial charge in [-0.3, -0.25) is 4.79 Å². The maximum Gasteiger partial charge on any atom is 0.344 e. The van der Waals surface area contributed by atoms with Gasteiger partial charge in [0.1, 0.15) is 0 Å². The number of esters is 1. The molecule has 1 N–H and O–H groups in total. The summed E-state index contributed by atoms with van der Waals surface area (Å²) >= 11 is 0. The van der Waals surface area contributed by atoms with Gasteiger partial charge >= 0.3 is 5.97 Å². The van der Waals surface area contributed by atoms with Gasteiger partial charge < -0.3 is 19.5 Å². The highest BCUT2D eigenvalue weighted by Crippen LogP contribution is 2.28. The van der Waals surface area contributed by atoms with Crippen molar-refractivity contribution >= 4 is 18.0 Å². The average molecular weight is 349 g/mol. The molecule has 0 aliphatic rings. The third-order valence-corrected chi connectivity index (χ3v) is 3.39. The summed E-state index contributed by atoms with van der Waals surface area (Å²) in [7, 11) is 1.53. The van der Waals surface area contributed by atoms with Crippen LogP contribution in [0.4, 0.5) is 0 Å². The Hall–Kier alpha value is -2.50. The van der Waals surface area contributed by atoms with Gasteiger partial charge in [0.25, 0.3) is 5.91 Å². The minimum absolute atomic E-state index is 0.0624. The molecular formula is C19H27NO5. The lowest BCUT2D eigenvalue weighted by atomic mass is 10.2. The summed E-state index contributed by atoms with van der Waals surface area (Å²) in [4.78, 5) is 23.4. The number of hydrogen-bond donors (Lipinski definition) is 1. The Morgan fingerprint density at radius 1 is 1.24 bits per heavy atom. The largest absolute Gasteiger partial charge is 0.493 e. The second-order valence-electron chi connectivity index (χ2n) is 5.62. The Balaban J connectivity index is 2.45. The van der Waals surface area contributed by atoms with E-state index in [0.29, 0.717) is 11.5 Å². The van der Waals surface area contributed by atoms with Crippen LogP contribution in [0.25, 0.3) is 6.08 Å². The fourth-order valence-electron chi connectivity index (χ4n) is 2.25. The number of methoxy groups -OCH3 is 1. The first-order valence-electron chi connectivity index (χ1n) is 8.38. The van der Waals surface area contributed by atoms with E-state index in [9.17, 15) is 9.59 Å². The van der Waals surface area contributed by atoms with Crippen LogP contribution in [-0.2, 0) is 14.3 Å². The van der Waals surface area contributed by atoms with Crippen molar-refractivity contribution in [3.05, 3.63) is 29.8 Å². The Morgan fingerprint density at radius 2 is 2.00 bits per heavy atom. The Kier molecular flexibility index (Phi) is 9.14. The minimum Gasteiger partial charge on any atom is -0.493 e. The fraction of sp³-hybridized carbons (Fsp3) is 0.474. The first-order valence-corrected chi connectivity index (χ1v) is 8.38. The van der Waals surface area contributed by atoms with E-state index in [0.717, 1.165) is 18.4 Å². The summed E-state index contributed by atoms with van der Waals surface area (Å²) in [6, 6.07) is 5.45. The number of allylic oxidation sites excluding steroid dienone is 1. The zero-order valence-electron chi connectivity index (χ0n) is 15.3.